The molecular weight excluding hydrogens is 308 g/mol. The number of rotatable bonds is 6. The first-order valence-corrected chi connectivity index (χ1v) is 7.34. The molecule has 0 aliphatic carbocycles. The summed E-state index contributed by atoms with van der Waals surface area (Å²) in [5.41, 5.74) is -0.101. The first-order chi connectivity index (χ1) is 8.79. The van der Waals surface area contributed by atoms with E-state index in [0.29, 0.717) is 25.0 Å². The standard InChI is InChI=1S/C14H23BrN2O2/c1-10(2)9-18-6-7-19-12-8-11(15)16-13(17-12)14(3,4)5/h8,10H,6-7,9H2,1-5H3. The first-order valence-electron chi connectivity index (χ1n) is 6.54. The molecule has 1 heterocycles. The van der Waals surface area contributed by atoms with Gasteiger partial charge in [0, 0.05) is 18.1 Å². The summed E-state index contributed by atoms with van der Waals surface area (Å²) in [4.78, 5) is 8.79. The third-order valence-corrected chi connectivity index (χ3v) is 2.68. The Balaban J connectivity index is 2.52. The summed E-state index contributed by atoms with van der Waals surface area (Å²) in [6, 6.07) is 1.78. The van der Waals surface area contributed by atoms with Crippen molar-refractivity contribution in [1.29, 1.82) is 0 Å². The summed E-state index contributed by atoms with van der Waals surface area (Å²) < 4.78 is 11.8. The minimum absolute atomic E-state index is 0.101. The van der Waals surface area contributed by atoms with Gasteiger partial charge in [-0.2, -0.15) is 4.98 Å². The molecule has 1 aromatic rings. The SMILES string of the molecule is CC(C)COCCOc1cc(Br)nc(C(C)(C)C)n1. The Bertz CT molecular complexity index is 403. The average molecular weight is 331 g/mol. The van der Waals surface area contributed by atoms with Crippen LogP contribution in [0.25, 0.3) is 0 Å². The van der Waals surface area contributed by atoms with Gasteiger partial charge in [-0.05, 0) is 21.8 Å². The fraction of sp³-hybridized carbons (Fsp3) is 0.714. The van der Waals surface area contributed by atoms with Crippen molar-refractivity contribution in [3.63, 3.8) is 0 Å². The molecule has 0 unspecified atom stereocenters. The largest absolute Gasteiger partial charge is 0.475 e. The fourth-order valence-electron chi connectivity index (χ4n) is 1.33. The molecule has 0 amide bonds. The highest BCUT2D eigenvalue weighted by molar-refractivity contribution is 9.10. The Morgan fingerprint density at radius 3 is 2.47 bits per heavy atom. The van der Waals surface area contributed by atoms with Crippen LogP contribution in [0.2, 0.25) is 0 Å². The lowest BCUT2D eigenvalue weighted by molar-refractivity contribution is 0.0804. The van der Waals surface area contributed by atoms with Crippen molar-refractivity contribution in [1.82, 2.24) is 9.97 Å². The van der Waals surface area contributed by atoms with Gasteiger partial charge in [-0.25, -0.2) is 4.98 Å². The van der Waals surface area contributed by atoms with Crippen molar-refractivity contribution < 1.29 is 9.47 Å². The van der Waals surface area contributed by atoms with Crippen LogP contribution in [0.3, 0.4) is 0 Å². The molecule has 0 saturated heterocycles. The van der Waals surface area contributed by atoms with Crippen LogP contribution < -0.4 is 4.74 Å². The van der Waals surface area contributed by atoms with E-state index in [9.17, 15) is 0 Å². The van der Waals surface area contributed by atoms with E-state index in [1.54, 1.807) is 6.07 Å². The third-order valence-electron chi connectivity index (χ3n) is 2.27. The molecule has 0 fully saturated rings. The molecule has 0 aliphatic heterocycles. The van der Waals surface area contributed by atoms with Gasteiger partial charge in [-0.15, -0.1) is 0 Å². The van der Waals surface area contributed by atoms with Crippen LogP contribution in [0, 0.1) is 5.92 Å². The van der Waals surface area contributed by atoms with Gasteiger partial charge in [0.15, 0.2) is 0 Å². The van der Waals surface area contributed by atoms with Gasteiger partial charge in [-0.1, -0.05) is 34.6 Å². The molecule has 0 N–H and O–H groups in total. The highest BCUT2D eigenvalue weighted by Crippen LogP contribution is 2.23. The monoisotopic (exact) mass is 330 g/mol. The van der Waals surface area contributed by atoms with Crippen LogP contribution in [0.15, 0.2) is 10.7 Å². The molecule has 0 spiro atoms. The van der Waals surface area contributed by atoms with E-state index < -0.39 is 0 Å². The molecule has 1 rings (SSSR count). The Kier molecular flexibility index (Phi) is 6.20. The topological polar surface area (TPSA) is 44.2 Å². The van der Waals surface area contributed by atoms with E-state index in [0.717, 1.165) is 17.0 Å². The third kappa shape index (κ3) is 6.34. The zero-order chi connectivity index (χ0) is 14.5. The second kappa shape index (κ2) is 7.20. The zero-order valence-corrected chi connectivity index (χ0v) is 14.0. The predicted molar refractivity (Wildman–Crippen MR) is 79.6 cm³/mol. The van der Waals surface area contributed by atoms with Gasteiger partial charge >= 0.3 is 0 Å². The van der Waals surface area contributed by atoms with E-state index in [4.69, 9.17) is 9.47 Å². The minimum atomic E-state index is -0.101. The summed E-state index contributed by atoms with van der Waals surface area (Å²) >= 11 is 3.38. The molecule has 19 heavy (non-hydrogen) atoms. The summed E-state index contributed by atoms with van der Waals surface area (Å²) in [5.74, 6) is 1.89. The van der Waals surface area contributed by atoms with Crippen LogP contribution in [0.1, 0.15) is 40.4 Å². The molecule has 5 heteroatoms. The summed E-state index contributed by atoms with van der Waals surface area (Å²) in [5, 5.41) is 0. The Morgan fingerprint density at radius 1 is 1.21 bits per heavy atom. The molecule has 0 aliphatic rings. The molecule has 0 radical (unpaired) electrons. The Labute approximate surface area is 124 Å². The molecule has 0 atom stereocenters. The maximum Gasteiger partial charge on any atom is 0.217 e. The summed E-state index contributed by atoms with van der Waals surface area (Å²) in [7, 11) is 0. The van der Waals surface area contributed by atoms with Gasteiger partial charge in [0.25, 0.3) is 0 Å². The second-order valence-electron chi connectivity index (χ2n) is 5.92. The maximum absolute atomic E-state index is 5.60. The number of hydrogen-bond acceptors (Lipinski definition) is 4. The number of nitrogens with zero attached hydrogens (tertiary/aromatic N) is 2. The molecule has 0 bridgehead atoms. The van der Waals surface area contributed by atoms with Gasteiger partial charge in [0.1, 0.15) is 17.0 Å². The van der Waals surface area contributed by atoms with E-state index >= 15 is 0 Å². The average Bonchev–Trinajstić information content (AvgIpc) is 2.26. The van der Waals surface area contributed by atoms with Gasteiger partial charge in [0.05, 0.1) is 6.61 Å². The molecule has 1 aromatic heterocycles. The first kappa shape index (κ1) is 16.4. The van der Waals surface area contributed by atoms with Gasteiger partial charge < -0.3 is 9.47 Å². The van der Waals surface area contributed by atoms with Crippen LogP contribution in [0.4, 0.5) is 0 Å². The van der Waals surface area contributed by atoms with E-state index in [1.165, 1.54) is 0 Å². The van der Waals surface area contributed by atoms with E-state index in [1.807, 2.05) is 0 Å². The quantitative estimate of drug-likeness (QED) is 0.590. The van der Waals surface area contributed by atoms with Crippen molar-refractivity contribution in [3.05, 3.63) is 16.5 Å². The molecule has 0 aromatic carbocycles. The zero-order valence-electron chi connectivity index (χ0n) is 12.4. The Morgan fingerprint density at radius 2 is 1.89 bits per heavy atom. The molecule has 4 nitrogen and oxygen atoms in total. The van der Waals surface area contributed by atoms with Crippen LogP contribution in [0.5, 0.6) is 5.88 Å². The van der Waals surface area contributed by atoms with Crippen LogP contribution >= 0.6 is 15.9 Å². The molecular formula is C14H23BrN2O2. The van der Waals surface area contributed by atoms with Crippen LogP contribution in [-0.2, 0) is 10.2 Å². The predicted octanol–water partition coefficient (Wildman–Crippen LogP) is 3.59. The number of aromatic nitrogens is 2. The second-order valence-corrected chi connectivity index (χ2v) is 6.73. The van der Waals surface area contributed by atoms with Crippen LogP contribution in [-0.4, -0.2) is 29.8 Å². The van der Waals surface area contributed by atoms with Crippen molar-refractivity contribution in [2.45, 2.75) is 40.0 Å². The van der Waals surface area contributed by atoms with Crippen molar-refractivity contribution in [2.24, 2.45) is 5.92 Å². The smallest absolute Gasteiger partial charge is 0.217 e. The van der Waals surface area contributed by atoms with Gasteiger partial charge in [-0.3, -0.25) is 0 Å². The minimum Gasteiger partial charge on any atom is -0.475 e. The highest BCUT2D eigenvalue weighted by Gasteiger charge is 2.19. The van der Waals surface area contributed by atoms with Crippen molar-refractivity contribution in [2.75, 3.05) is 19.8 Å². The lowest BCUT2D eigenvalue weighted by atomic mass is 9.96. The number of ether oxygens (including phenoxy) is 2. The van der Waals surface area contributed by atoms with Gasteiger partial charge in [0.2, 0.25) is 5.88 Å². The number of hydrogen-bond donors (Lipinski definition) is 0. The lowest BCUT2D eigenvalue weighted by Crippen LogP contribution is -2.17. The summed E-state index contributed by atoms with van der Waals surface area (Å²) in [6.45, 7) is 12.3. The Hall–Kier alpha value is -0.680. The highest BCUT2D eigenvalue weighted by atomic mass is 79.9. The molecule has 0 saturated carbocycles. The normalized spacial score (nSPS) is 11.9. The van der Waals surface area contributed by atoms with Crippen molar-refractivity contribution >= 4 is 15.9 Å². The van der Waals surface area contributed by atoms with E-state index in [-0.39, 0.29) is 5.41 Å². The fourth-order valence-corrected chi connectivity index (χ4v) is 1.69. The lowest BCUT2D eigenvalue weighted by Gasteiger charge is -2.17. The molecule has 108 valence electrons. The number of halogens is 1. The summed E-state index contributed by atoms with van der Waals surface area (Å²) in [6.07, 6.45) is 0. The van der Waals surface area contributed by atoms with E-state index in [2.05, 4.69) is 60.5 Å². The van der Waals surface area contributed by atoms with Crippen molar-refractivity contribution in [3.8, 4) is 5.88 Å². The maximum atomic E-state index is 5.60.